The van der Waals surface area contributed by atoms with Crippen LogP contribution in [0.3, 0.4) is 0 Å². The Morgan fingerprint density at radius 1 is 1.18 bits per heavy atom. The van der Waals surface area contributed by atoms with Crippen LogP contribution >= 0.6 is 0 Å². The van der Waals surface area contributed by atoms with Crippen molar-refractivity contribution in [3.63, 3.8) is 0 Å². The third-order valence-electron chi connectivity index (χ3n) is 3.63. The molecule has 1 aliphatic heterocycles. The quantitative estimate of drug-likeness (QED) is 0.666. The molecule has 1 aliphatic rings. The van der Waals surface area contributed by atoms with E-state index in [4.69, 9.17) is 13.9 Å². The molecule has 0 bridgehead atoms. The topological polar surface area (TPSA) is 109 Å². The van der Waals surface area contributed by atoms with E-state index in [0.29, 0.717) is 11.3 Å². The van der Waals surface area contributed by atoms with Crippen molar-refractivity contribution < 1.29 is 29.2 Å². The van der Waals surface area contributed by atoms with Crippen LogP contribution in [0, 0.1) is 6.92 Å². The molecule has 3 rings (SSSR count). The summed E-state index contributed by atoms with van der Waals surface area (Å²) in [6.45, 7) is 1.65. The summed E-state index contributed by atoms with van der Waals surface area (Å²) in [6, 6.07) is 6.28. The molecule has 2 unspecified atom stereocenters. The Kier molecular flexibility index (Phi) is 3.88. The van der Waals surface area contributed by atoms with Gasteiger partial charge < -0.3 is 29.2 Å². The van der Waals surface area contributed by atoms with Gasteiger partial charge in [-0.05, 0) is 24.6 Å². The summed E-state index contributed by atoms with van der Waals surface area (Å²) in [6.07, 6.45) is -5.01. The SMILES string of the molecule is Cc1cc(=O)oc2cc(O[C@@H]3OC[C@@H](O)C(O)C3O)ccc12. The predicted octanol–water partition coefficient (Wildman–Crippen LogP) is -0.0808. The van der Waals surface area contributed by atoms with E-state index in [0.717, 1.165) is 10.9 Å². The van der Waals surface area contributed by atoms with Gasteiger partial charge >= 0.3 is 5.63 Å². The number of aliphatic hydroxyl groups is 3. The van der Waals surface area contributed by atoms with Gasteiger partial charge in [0.25, 0.3) is 0 Å². The third kappa shape index (κ3) is 2.71. The molecule has 1 aromatic heterocycles. The van der Waals surface area contributed by atoms with Gasteiger partial charge in [-0.15, -0.1) is 0 Å². The highest BCUT2D eigenvalue weighted by molar-refractivity contribution is 5.81. The van der Waals surface area contributed by atoms with Gasteiger partial charge in [0.1, 0.15) is 29.6 Å². The Balaban J connectivity index is 1.87. The van der Waals surface area contributed by atoms with Crippen LogP contribution in [0.2, 0.25) is 0 Å². The average Bonchev–Trinajstić information content (AvgIpc) is 2.47. The fourth-order valence-corrected chi connectivity index (χ4v) is 2.40. The molecule has 3 N–H and O–H groups in total. The molecule has 1 saturated heterocycles. The normalized spacial score (nSPS) is 28.7. The standard InChI is InChI=1S/C15H16O7/c1-7-4-12(17)22-11-5-8(2-3-9(7)11)21-15-14(19)13(18)10(16)6-20-15/h2-5,10,13-16,18-19H,6H2,1H3/t10-,13?,14?,15+/m1/s1. The van der Waals surface area contributed by atoms with E-state index in [1.54, 1.807) is 19.1 Å². The number of fused-ring (bicyclic) bond motifs is 1. The highest BCUT2D eigenvalue weighted by atomic mass is 16.7. The van der Waals surface area contributed by atoms with Crippen LogP contribution in [0.25, 0.3) is 11.0 Å². The van der Waals surface area contributed by atoms with Crippen molar-refractivity contribution >= 4 is 11.0 Å². The fraction of sp³-hybridized carbons (Fsp3) is 0.400. The summed E-state index contributed by atoms with van der Waals surface area (Å²) in [5.41, 5.74) is 0.674. The van der Waals surface area contributed by atoms with Crippen molar-refractivity contribution in [2.45, 2.75) is 31.5 Å². The number of hydrogen-bond donors (Lipinski definition) is 3. The molecular formula is C15H16O7. The molecule has 0 amide bonds. The summed E-state index contributed by atoms with van der Waals surface area (Å²) in [7, 11) is 0. The van der Waals surface area contributed by atoms with Crippen LogP contribution < -0.4 is 10.4 Å². The molecule has 2 aromatic rings. The monoisotopic (exact) mass is 308 g/mol. The molecule has 22 heavy (non-hydrogen) atoms. The van der Waals surface area contributed by atoms with Gasteiger partial charge in [0, 0.05) is 17.5 Å². The maximum absolute atomic E-state index is 11.4. The second kappa shape index (κ2) is 5.69. The van der Waals surface area contributed by atoms with E-state index in [-0.39, 0.29) is 6.61 Å². The lowest BCUT2D eigenvalue weighted by Crippen LogP contribution is -2.54. The number of aryl methyl sites for hydroxylation is 1. The summed E-state index contributed by atoms with van der Waals surface area (Å²) in [5, 5.41) is 29.6. The summed E-state index contributed by atoms with van der Waals surface area (Å²) in [5.74, 6) is 0.314. The van der Waals surface area contributed by atoms with Crippen LogP contribution in [-0.4, -0.2) is 46.5 Å². The van der Waals surface area contributed by atoms with Crippen LogP contribution in [0.1, 0.15) is 5.56 Å². The lowest BCUT2D eigenvalue weighted by Gasteiger charge is -2.34. The van der Waals surface area contributed by atoms with Crippen LogP contribution in [0.15, 0.2) is 33.5 Å². The predicted molar refractivity (Wildman–Crippen MR) is 75.6 cm³/mol. The molecular weight excluding hydrogens is 292 g/mol. The van der Waals surface area contributed by atoms with E-state index >= 15 is 0 Å². The van der Waals surface area contributed by atoms with Crippen molar-refractivity contribution in [3.05, 3.63) is 40.2 Å². The van der Waals surface area contributed by atoms with E-state index in [9.17, 15) is 20.1 Å². The minimum absolute atomic E-state index is 0.148. The van der Waals surface area contributed by atoms with E-state index in [2.05, 4.69) is 0 Å². The molecule has 0 radical (unpaired) electrons. The first-order valence-corrected chi connectivity index (χ1v) is 6.82. The van der Waals surface area contributed by atoms with E-state index in [1.165, 1.54) is 12.1 Å². The Morgan fingerprint density at radius 3 is 2.73 bits per heavy atom. The molecule has 4 atom stereocenters. The number of benzene rings is 1. The molecule has 0 saturated carbocycles. The maximum atomic E-state index is 11.4. The van der Waals surface area contributed by atoms with Crippen LogP contribution in [0.5, 0.6) is 5.75 Å². The van der Waals surface area contributed by atoms with Gasteiger partial charge in [-0.3, -0.25) is 0 Å². The zero-order valence-corrected chi connectivity index (χ0v) is 11.8. The molecule has 0 aliphatic carbocycles. The summed E-state index contributed by atoms with van der Waals surface area (Å²) >= 11 is 0. The number of rotatable bonds is 2. The van der Waals surface area contributed by atoms with Crippen molar-refractivity contribution in [2.24, 2.45) is 0 Å². The zero-order chi connectivity index (χ0) is 15.9. The number of hydrogen-bond acceptors (Lipinski definition) is 7. The lowest BCUT2D eigenvalue weighted by atomic mass is 10.1. The Hall–Kier alpha value is -1.93. The molecule has 0 spiro atoms. The average molecular weight is 308 g/mol. The zero-order valence-electron chi connectivity index (χ0n) is 11.8. The van der Waals surface area contributed by atoms with E-state index in [1.807, 2.05) is 0 Å². The highest BCUT2D eigenvalue weighted by Gasteiger charge is 2.39. The first-order chi connectivity index (χ1) is 10.5. The van der Waals surface area contributed by atoms with Gasteiger partial charge in [0.15, 0.2) is 0 Å². The molecule has 1 aromatic carbocycles. The summed E-state index contributed by atoms with van der Waals surface area (Å²) in [4.78, 5) is 11.4. The molecule has 7 heteroatoms. The Bertz CT molecular complexity index is 738. The van der Waals surface area contributed by atoms with Gasteiger partial charge in [0.05, 0.1) is 6.61 Å². The molecule has 2 heterocycles. The highest BCUT2D eigenvalue weighted by Crippen LogP contribution is 2.25. The van der Waals surface area contributed by atoms with Crippen LogP contribution in [0.4, 0.5) is 0 Å². The van der Waals surface area contributed by atoms with Gasteiger partial charge in [-0.1, -0.05) is 0 Å². The second-order valence-corrected chi connectivity index (χ2v) is 5.27. The molecule has 7 nitrogen and oxygen atoms in total. The lowest BCUT2D eigenvalue weighted by molar-refractivity contribution is -0.242. The first-order valence-electron chi connectivity index (χ1n) is 6.82. The van der Waals surface area contributed by atoms with Crippen molar-refractivity contribution in [1.82, 2.24) is 0 Å². The Morgan fingerprint density at radius 2 is 1.95 bits per heavy atom. The van der Waals surface area contributed by atoms with Gasteiger partial charge in [-0.2, -0.15) is 0 Å². The minimum Gasteiger partial charge on any atom is -0.462 e. The Labute approximate surface area is 125 Å². The second-order valence-electron chi connectivity index (χ2n) is 5.27. The summed E-state index contributed by atoms with van der Waals surface area (Å²) < 4.78 is 15.7. The molecule has 118 valence electrons. The minimum atomic E-state index is -1.39. The van der Waals surface area contributed by atoms with Crippen molar-refractivity contribution in [2.75, 3.05) is 6.61 Å². The maximum Gasteiger partial charge on any atom is 0.336 e. The fourth-order valence-electron chi connectivity index (χ4n) is 2.40. The van der Waals surface area contributed by atoms with Crippen molar-refractivity contribution in [1.29, 1.82) is 0 Å². The van der Waals surface area contributed by atoms with E-state index < -0.39 is 30.2 Å². The largest absolute Gasteiger partial charge is 0.462 e. The first kappa shape index (κ1) is 15.0. The number of ether oxygens (including phenoxy) is 2. The van der Waals surface area contributed by atoms with Crippen molar-refractivity contribution in [3.8, 4) is 5.75 Å². The number of aliphatic hydroxyl groups excluding tert-OH is 3. The van der Waals surface area contributed by atoms with Crippen LogP contribution in [-0.2, 0) is 4.74 Å². The van der Waals surface area contributed by atoms with Gasteiger partial charge in [0.2, 0.25) is 6.29 Å². The third-order valence-corrected chi connectivity index (χ3v) is 3.63. The smallest absolute Gasteiger partial charge is 0.336 e. The van der Waals surface area contributed by atoms with Gasteiger partial charge in [-0.25, -0.2) is 4.79 Å². The molecule has 1 fully saturated rings.